The van der Waals surface area contributed by atoms with Gasteiger partial charge in [-0.2, -0.15) is 0 Å². The second-order valence-corrected chi connectivity index (χ2v) is 3.72. The van der Waals surface area contributed by atoms with E-state index in [9.17, 15) is 25.3 Å². The van der Waals surface area contributed by atoms with Gasteiger partial charge in [-0.05, 0) is 6.07 Å². The predicted octanol–water partition coefficient (Wildman–Crippen LogP) is 1.51. The average Bonchev–Trinajstić information content (AvgIpc) is 2.35. The Morgan fingerprint density at radius 1 is 1.28 bits per heavy atom. The first-order valence-electron chi connectivity index (χ1n) is 4.86. The van der Waals surface area contributed by atoms with Crippen LogP contribution in [-0.2, 0) is 0 Å². The Hall–Kier alpha value is -1.93. The van der Waals surface area contributed by atoms with Gasteiger partial charge in [-0.3, -0.25) is 20.2 Å². The largest absolute Gasteiger partial charge is 0.390 e. The molecular formula is C9H10ClN3O5. The molecule has 1 aromatic carbocycles. The van der Waals surface area contributed by atoms with Crippen molar-refractivity contribution in [2.24, 2.45) is 0 Å². The van der Waals surface area contributed by atoms with Crippen LogP contribution in [0.2, 0.25) is 0 Å². The number of benzene rings is 1. The van der Waals surface area contributed by atoms with Gasteiger partial charge < -0.3 is 10.4 Å². The summed E-state index contributed by atoms with van der Waals surface area (Å²) in [4.78, 5) is 19.6. The molecule has 0 saturated heterocycles. The third kappa shape index (κ3) is 3.54. The van der Waals surface area contributed by atoms with E-state index >= 15 is 0 Å². The SMILES string of the molecule is O=[N+]([O-])c1ccc(NCC(O)CCl)cc1[N+](=O)[O-]. The zero-order valence-electron chi connectivity index (χ0n) is 9.08. The zero-order chi connectivity index (χ0) is 13.7. The van der Waals surface area contributed by atoms with Gasteiger partial charge in [0.05, 0.1) is 21.8 Å². The van der Waals surface area contributed by atoms with Crippen molar-refractivity contribution in [2.45, 2.75) is 6.10 Å². The number of nitrogens with one attached hydrogen (secondary N) is 1. The predicted molar refractivity (Wildman–Crippen MR) is 65.0 cm³/mol. The molecule has 0 bridgehead atoms. The molecule has 0 aliphatic carbocycles. The topological polar surface area (TPSA) is 119 Å². The number of aliphatic hydroxyl groups excluding tert-OH is 1. The maximum atomic E-state index is 10.7. The summed E-state index contributed by atoms with van der Waals surface area (Å²) in [5.41, 5.74) is -0.884. The number of nitro benzene ring substituents is 2. The van der Waals surface area contributed by atoms with Crippen LogP contribution in [0.25, 0.3) is 0 Å². The first-order chi connectivity index (χ1) is 8.45. The molecule has 0 aliphatic rings. The van der Waals surface area contributed by atoms with Gasteiger partial charge >= 0.3 is 11.4 Å². The molecule has 1 aromatic rings. The molecule has 0 radical (unpaired) electrons. The maximum absolute atomic E-state index is 10.7. The van der Waals surface area contributed by atoms with Gasteiger partial charge in [0.25, 0.3) is 0 Å². The molecule has 18 heavy (non-hydrogen) atoms. The Morgan fingerprint density at radius 2 is 1.89 bits per heavy atom. The van der Waals surface area contributed by atoms with E-state index < -0.39 is 27.3 Å². The summed E-state index contributed by atoms with van der Waals surface area (Å²) in [6, 6.07) is 3.40. The molecule has 8 nitrogen and oxygen atoms in total. The highest BCUT2D eigenvalue weighted by Crippen LogP contribution is 2.29. The highest BCUT2D eigenvalue weighted by Gasteiger charge is 2.24. The monoisotopic (exact) mass is 275 g/mol. The van der Waals surface area contributed by atoms with Crippen molar-refractivity contribution in [3.63, 3.8) is 0 Å². The van der Waals surface area contributed by atoms with Crippen molar-refractivity contribution in [3.8, 4) is 0 Å². The van der Waals surface area contributed by atoms with Crippen molar-refractivity contribution >= 4 is 28.7 Å². The van der Waals surface area contributed by atoms with E-state index in [-0.39, 0.29) is 12.4 Å². The molecule has 9 heteroatoms. The number of hydrogen-bond donors (Lipinski definition) is 2. The second-order valence-electron chi connectivity index (χ2n) is 3.41. The van der Waals surface area contributed by atoms with Crippen LogP contribution >= 0.6 is 11.6 Å². The minimum atomic E-state index is -0.832. The second kappa shape index (κ2) is 6.12. The number of halogens is 1. The summed E-state index contributed by atoms with van der Waals surface area (Å²) in [6.45, 7) is 0.0957. The molecule has 1 unspecified atom stereocenters. The van der Waals surface area contributed by atoms with Crippen LogP contribution in [-0.4, -0.2) is 33.5 Å². The van der Waals surface area contributed by atoms with E-state index in [2.05, 4.69) is 5.32 Å². The molecule has 0 aliphatic heterocycles. The lowest BCUT2D eigenvalue weighted by Gasteiger charge is -2.09. The number of nitrogens with zero attached hydrogens (tertiary/aromatic N) is 2. The zero-order valence-corrected chi connectivity index (χ0v) is 9.83. The Balaban J connectivity index is 2.93. The van der Waals surface area contributed by atoms with E-state index in [0.29, 0.717) is 5.69 Å². The van der Waals surface area contributed by atoms with E-state index in [1.807, 2.05) is 0 Å². The van der Waals surface area contributed by atoms with Crippen LogP contribution in [0.1, 0.15) is 0 Å². The Labute approximate surface area is 106 Å². The van der Waals surface area contributed by atoms with E-state index in [4.69, 9.17) is 11.6 Å². The van der Waals surface area contributed by atoms with Gasteiger partial charge in [0.15, 0.2) is 0 Å². The summed E-state index contributed by atoms with van der Waals surface area (Å²) in [7, 11) is 0. The molecule has 0 fully saturated rings. The van der Waals surface area contributed by atoms with Gasteiger partial charge in [-0.1, -0.05) is 0 Å². The molecule has 0 aromatic heterocycles. The van der Waals surface area contributed by atoms with Crippen molar-refractivity contribution in [3.05, 3.63) is 38.4 Å². The summed E-state index contributed by atoms with van der Waals surface area (Å²) in [6.07, 6.45) is -0.805. The molecule has 1 atom stereocenters. The smallest absolute Gasteiger partial charge is 0.348 e. The van der Waals surface area contributed by atoms with Crippen molar-refractivity contribution in [1.29, 1.82) is 0 Å². The summed E-state index contributed by atoms with van der Waals surface area (Å²) < 4.78 is 0. The fourth-order valence-electron chi connectivity index (χ4n) is 1.22. The van der Waals surface area contributed by atoms with Crippen LogP contribution in [0.3, 0.4) is 0 Å². The summed E-state index contributed by atoms with van der Waals surface area (Å²) >= 11 is 5.38. The van der Waals surface area contributed by atoms with E-state index in [1.54, 1.807) is 0 Å². The summed E-state index contributed by atoms with van der Waals surface area (Å²) in [5, 5.41) is 33.1. The third-order valence-electron chi connectivity index (χ3n) is 2.09. The highest BCUT2D eigenvalue weighted by molar-refractivity contribution is 6.18. The fourth-order valence-corrected chi connectivity index (χ4v) is 1.33. The van der Waals surface area contributed by atoms with Crippen LogP contribution in [0.4, 0.5) is 17.1 Å². The molecular weight excluding hydrogens is 266 g/mol. The number of anilines is 1. The molecule has 0 saturated carbocycles. The highest BCUT2D eigenvalue weighted by atomic mass is 35.5. The van der Waals surface area contributed by atoms with Crippen molar-refractivity contribution < 1.29 is 15.0 Å². The Bertz CT molecular complexity index is 468. The fraction of sp³-hybridized carbons (Fsp3) is 0.333. The molecule has 0 heterocycles. The quantitative estimate of drug-likeness (QED) is 0.461. The summed E-state index contributed by atoms with van der Waals surface area (Å²) in [5.74, 6) is 0.0159. The van der Waals surface area contributed by atoms with Gasteiger partial charge in [0, 0.05) is 24.4 Å². The lowest BCUT2D eigenvalue weighted by molar-refractivity contribution is -0.422. The molecule has 2 N–H and O–H groups in total. The Morgan fingerprint density at radius 3 is 2.39 bits per heavy atom. The normalized spacial score (nSPS) is 11.9. The standard InChI is InChI=1S/C9H10ClN3O5/c10-4-7(14)5-11-6-1-2-8(12(15)16)9(3-6)13(17)18/h1-3,7,11,14H,4-5H2. The number of hydrogen-bond acceptors (Lipinski definition) is 6. The average molecular weight is 276 g/mol. The van der Waals surface area contributed by atoms with Crippen LogP contribution in [0, 0.1) is 20.2 Å². The minimum absolute atomic E-state index is 0.0159. The van der Waals surface area contributed by atoms with Crippen molar-refractivity contribution in [2.75, 3.05) is 17.7 Å². The first kappa shape index (κ1) is 14.1. The lowest BCUT2D eigenvalue weighted by atomic mass is 10.2. The van der Waals surface area contributed by atoms with Crippen LogP contribution < -0.4 is 5.32 Å². The van der Waals surface area contributed by atoms with Crippen LogP contribution in [0.5, 0.6) is 0 Å². The number of aliphatic hydroxyl groups is 1. The van der Waals surface area contributed by atoms with Gasteiger partial charge in [-0.15, -0.1) is 11.6 Å². The third-order valence-corrected chi connectivity index (χ3v) is 2.44. The van der Waals surface area contributed by atoms with Crippen LogP contribution in [0.15, 0.2) is 18.2 Å². The maximum Gasteiger partial charge on any atom is 0.348 e. The molecule has 0 amide bonds. The minimum Gasteiger partial charge on any atom is -0.390 e. The first-order valence-corrected chi connectivity index (χ1v) is 5.40. The van der Waals surface area contributed by atoms with E-state index in [0.717, 1.165) is 12.1 Å². The molecule has 98 valence electrons. The van der Waals surface area contributed by atoms with Gasteiger partial charge in [0.2, 0.25) is 0 Å². The van der Waals surface area contributed by atoms with Gasteiger partial charge in [-0.25, -0.2) is 0 Å². The number of nitro groups is 2. The molecule has 1 rings (SSSR count). The molecule has 0 spiro atoms. The number of rotatable bonds is 6. The Kier molecular flexibility index (Phi) is 4.81. The number of alkyl halides is 1. The lowest BCUT2D eigenvalue weighted by Crippen LogP contribution is -2.20. The van der Waals surface area contributed by atoms with Crippen molar-refractivity contribution in [1.82, 2.24) is 0 Å². The van der Waals surface area contributed by atoms with Gasteiger partial charge in [0.1, 0.15) is 0 Å². The van der Waals surface area contributed by atoms with E-state index in [1.165, 1.54) is 6.07 Å².